The molecule has 3 nitrogen and oxygen atoms in total. The quantitative estimate of drug-likeness (QED) is 0.710. The lowest BCUT2D eigenvalue weighted by Crippen LogP contribution is -2.27. The second-order valence-corrected chi connectivity index (χ2v) is 6.51. The summed E-state index contributed by atoms with van der Waals surface area (Å²) in [6.07, 6.45) is 0. The molecule has 0 aliphatic rings. The minimum absolute atomic E-state index is 0.413. The molecule has 0 radical (unpaired) electrons. The van der Waals surface area contributed by atoms with Crippen LogP contribution in [0.25, 0.3) is 0 Å². The fraction of sp³-hybridized carbons (Fsp3) is 0.429. The molecule has 0 aliphatic heterocycles. The summed E-state index contributed by atoms with van der Waals surface area (Å²) in [6.45, 7) is 6.48. The van der Waals surface area contributed by atoms with Crippen LogP contribution in [0.3, 0.4) is 0 Å². The van der Waals surface area contributed by atoms with Crippen molar-refractivity contribution in [3.63, 3.8) is 0 Å². The normalized spacial score (nSPS) is 13.6. The molecule has 3 heteroatoms. The molecule has 2 aromatic rings. The first kappa shape index (κ1) is 18.3. The minimum Gasteiger partial charge on any atom is -0.496 e. The molecular weight excluding hydrogens is 298 g/mol. The van der Waals surface area contributed by atoms with Gasteiger partial charge in [-0.05, 0) is 42.1 Å². The molecule has 0 saturated heterocycles. The molecule has 0 saturated carbocycles. The summed E-state index contributed by atoms with van der Waals surface area (Å²) in [5, 5.41) is 0. The second kappa shape index (κ2) is 8.74. The predicted octanol–water partition coefficient (Wildman–Crippen LogP) is 4.54. The van der Waals surface area contributed by atoms with Gasteiger partial charge in [0.15, 0.2) is 0 Å². The number of hydrogen-bond donors (Lipinski definition) is 0. The van der Waals surface area contributed by atoms with Crippen LogP contribution in [0, 0.1) is 0 Å². The Labute approximate surface area is 146 Å². The average molecular weight is 327 g/mol. The van der Waals surface area contributed by atoms with Crippen molar-refractivity contribution < 1.29 is 9.47 Å². The number of nitrogens with zero attached hydrogens (tertiary/aromatic N) is 1. The van der Waals surface area contributed by atoms with Gasteiger partial charge in [0.05, 0.1) is 14.2 Å². The highest BCUT2D eigenvalue weighted by Gasteiger charge is 2.17. The molecular formula is C21H29NO2. The lowest BCUT2D eigenvalue weighted by Gasteiger charge is -2.26. The Morgan fingerprint density at radius 2 is 1.12 bits per heavy atom. The van der Waals surface area contributed by atoms with E-state index in [-0.39, 0.29) is 0 Å². The largest absolute Gasteiger partial charge is 0.496 e. The van der Waals surface area contributed by atoms with Crippen LogP contribution < -0.4 is 9.47 Å². The van der Waals surface area contributed by atoms with Gasteiger partial charge < -0.3 is 14.4 Å². The fourth-order valence-electron chi connectivity index (χ4n) is 3.35. The van der Waals surface area contributed by atoms with Crippen molar-refractivity contribution in [3.05, 3.63) is 59.7 Å². The van der Waals surface area contributed by atoms with Gasteiger partial charge in [-0.25, -0.2) is 0 Å². The van der Waals surface area contributed by atoms with Crippen LogP contribution in [0.1, 0.15) is 36.8 Å². The third-order valence-electron chi connectivity index (χ3n) is 4.51. The van der Waals surface area contributed by atoms with Crippen molar-refractivity contribution in [2.45, 2.75) is 25.7 Å². The number of hydrogen-bond acceptors (Lipinski definition) is 3. The second-order valence-electron chi connectivity index (χ2n) is 6.51. The molecule has 0 aromatic heterocycles. The first-order chi connectivity index (χ1) is 11.6. The Hall–Kier alpha value is -2.00. The Balaban J connectivity index is 2.00. The maximum atomic E-state index is 5.49. The van der Waals surface area contributed by atoms with Crippen molar-refractivity contribution >= 4 is 0 Å². The van der Waals surface area contributed by atoms with Crippen LogP contribution in [0.2, 0.25) is 0 Å². The minimum atomic E-state index is 0.413. The summed E-state index contributed by atoms with van der Waals surface area (Å²) in [5.74, 6) is 2.76. The maximum absolute atomic E-state index is 5.49. The standard InChI is InChI=1S/C21H29NO2/c1-16(18-10-6-8-12-20(18)23-4)14-22(3)15-17(2)19-11-7-9-13-21(19)24-5/h6-13,16-17H,14-15H2,1-5H3. The van der Waals surface area contributed by atoms with E-state index in [1.165, 1.54) is 11.1 Å². The monoisotopic (exact) mass is 327 g/mol. The average Bonchev–Trinajstić information content (AvgIpc) is 2.61. The molecule has 0 fully saturated rings. The van der Waals surface area contributed by atoms with Crippen molar-refractivity contribution in [3.8, 4) is 11.5 Å². The first-order valence-corrected chi connectivity index (χ1v) is 8.51. The molecule has 0 amide bonds. The van der Waals surface area contributed by atoms with Gasteiger partial charge in [-0.1, -0.05) is 50.2 Å². The molecule has 130 valence electrons. The molecule has 2 rings (SSSR count). The number of ether oxygens (including phenoxy) is 2. The summed E-state index contributed by atoms with van der Waals surface area (Å²) >= 11 is 0. The molecule has 2 atom stereocenters. The summed E-state index contributed by atoms with van der Waals surface area (Å²) < 4.78 is 11.0. The van der Waals surface area contributed by atoms with Gasteiger partial charge in [-0.2, -0.15) is 0 Å². The molecule has 2 aromatic carbocycles. The maximum Gasteiger partial charge on any atom is 0.122 e. The number of likely N-dealkylation sites (N-methyl/N-ethyl adjacent to an activating group) is 1. The van der Waals surface area contributed by atoms with Crippen molar-refractivity contribution in [2.75, 3.05) is 34.4 Å². The van der Waals surface area contributed by atoms with Crippen LogP contribution in [0.15, 0.2) is 48.5 Å². The zero-order chi connectivity index (χ0) is 17.5. The number of benzene rings is 2. The topological polar surface area (TPSA) is 21.7 Å². The van der Waals surface area contributed by atoms with E-state index in [0.29, 0.717) is 11.8 Å². The summed E-state index contributed by atoms with van der Waals surface area (Å²) in [6, 6.07) is 16.6. The summed E-state index contributed by atoms with van der Waals surface area (Å²) in [5.41, 5.74) is 2.52. The van der Waals surface area contributed by atoms with E-state index in [1.54, 1.807) is 14.2 Å². The zero-order valence-electron chi connectivity index (χ0n) is 15.5. The van der Waals surface area contributed by atoms with E-state index >= 15 is 0 Å². The van der Waals surface area contributed by atoms with E-state index in [9.17, 15) is 0 Å². The molecule has 2 unspecified atom stereocenters. The highest BCUT2D eigenvalue weighted by Crippen LogP contribution is 2.29. The molecule has 0 spiro atoms. The van der Waals surface area contributed by atoms with Gasteiger partial charge in [0.25, 0.3) is 0 Å². The van der Waals surface area contributed by atoms with Gasteiger partial charge in [0.2, 0.25) is 0 Å². The summed E-state index contributed by atoms with van der Waals surface area (Å²) in [4.78, 5) is 2.38. The Morgan fingerprint density at radius 3 is 1.50 bits per heavy atom. The Morgan fingerprint density at radius 1 is 0.750 bits per heavy atom. The molecule has 0 N–H and O–H groups in total. The number of methoxy groups -OCH3 is 2. The fourth-order valence-corrected chi connectivity index (χ4v) is 3.35. The lowest BCUT2D eigenvalue weighted by atomic mass is 9.97. The van der Waals surface area contributed by atoms with E-state index in [1.807, 2.05) is 24.3 Å². The van der Waals surface area contributed by atoms with E-state index in [0.717, 1.165) is 24.6 Å². The predicted molar refractivity (Wildman–Crippen MR) is 100 cm³/mol. The molecule has 0 bridgehead atoms. The van der Waals surface area contributed by atoms with Crippen LogP contribution in [-0.2, 0) is 0 Å². The lowest BCUT2D eigenvalue weighted by molar-refractivity contribution is 0.295. The van der Waals surface area contributed by atoms with Crippen molar-refractivity contribution in [1.29, 1.82) is 0 Å². The van der Waals surface area contributed by atoms with Crippen LogP contribution >= 0.6 is 0 Å². The Bertz CT molecular complexity index is 586. The van der Waals surface area contributed by atoms with Gasteiger partial charge in [0, 0.05) is 13.1 Å². The van der Waals surface area contributed by atoms with E-state index in [2.05, 4.69) is 50.1 Å². The highest BCUT2D eigenvalue weighted by atomic mass is 16.5. The zero-order valence-corrected chi connectivity index (χ0v) is 15.5. The van der Waals surface area contributed by atoms with Gasteiger partial charge in [0.1, 0.15) is 11.5 Å². The van der Waals surface area contributed by atoms with E-state index < -0.39 is 0 Å². The van der Waals surface area contributed by atoms with Crippen LogP contribution in [-0.4, -0.2) is 39.3 Å². The molecule has 0 heterocycles. The Kier molecular flexibility index (Phi) is 6.68. The number of para-hydroxylation sites is 2. The third-order valence-corrected chi connectivity index (χ3v) is 4.51. The van der Waals surface area contributed by atoms with E-state index in [4.69, 9.17) is 9.47 Å². The van der Waals surface area contributed by atoms with Crippen molar-refractivity contribution in [2.24, 2.45) is 0 Å². The SMILES string of the molecule is COc1ccccc1C(C)CN(C)CC(C)c1ccccc1OC. The highest BCUT2D eigenvalue weighted by molar-refractivity contribution is 5.37. The summed E-state index contributed by atoms with van der Waals surface area (Å²) in [7, 11) is 5.65. The van der Waals surface area contributed by atoms with Gasteiger partial charge >= 0.3 is 0 Å². The van der Waals surface area contributed by atoms with Crippen molar-refractivity contribution in [1.82, 2.24) is 4.90 Å². The van der Waals surface area contributed by atoms with Gasteiger partial charge in [-0.15, -0.1) is 0 Å². The van der Waals surface area contributed by atoms with Gasteiger partial charge in [-0.3, -0.25) is 0 Å². The van der Waals surface area contributed by atoms with Crippen LogP contribution in [0.5, 0.6) is 11.5 Å². The molecule has 0 aliphatic carbocycles. The number of rotatable bonds is 8. The third kappa shape index (κ3) is 4.51. The van der Waals surface area contributed by atoms with Crippen LogP contribution in [0.4, 0.5) is 0 Å². The first-order valence-electron chi connectivity index (χ1n) is 8.51. The molecule has 24 heavy (non-hydrogen) atoms. The smallest absolute Gasteiger partial charge is 0.122 e.